The Kier molecular flexibility index (Phi) is 12.0. The number of aliphatic hydroxyl groups excluding tert-OH is 4. The summed E-state index contributed by atoms with van der Waals surface area (Å²) in [5, 5.41) is 44.9. The van der Waals surface area contributed by atoms with E-state index in [1.165, 1.54) is 39.5 Å². The van der Waals surface area contributed by atoms with Gasteiger partial charge in [0.05, 0.1) is 34.0 Å². The minimum absolute atomic E-state index is 0.0107. The Morgan fingerprint density at radius 3 is 2.21 bits per heavy atom. The molecule has 0 saturated carbocycles. The predicted octanol–water partition coefficient (Wildman–Crippen LogP) is 0.975. The van der Waals surface area contributed by atoms with Gasteiger partial charge in [0, 0.05) is 24.6 Å². The molecule has 1 fully saturated rings. The number of carboxylic acids is 1. The number of rotatable bonds is 9. The van der Waals surface area contributed by atoms with Crippen molar-refractivity contribution in [3.05, 3.63) is 59.2 Å². The monoisotopic (exact) mass is 536 g/mol. The summed E-state index contributed by atoms with van der Waals surface area (Å²) < 4.78 is 25.3. The van der Waals surface area contributed by atoms with E-state index in [9.17, 15) is 14.7 Å². The van der Waals surface area contributed by atoms with Crippen LogP contribution in [0.25, 0.3) is 6.08 Å². The molecular formula is C26H32O12. The molecule has 12 nitrogen and oxygen atoms in total. The van der Waals surface area contributed by atoms with E-state index < -0.39 is 43.1 Å². The molecule has 208 valence electrons. The summed E-state index contributed by atoms with van der Waals surface area (Å²) in [5.74, 6) is -0.693. The molecular weight excluding hydrogens is 504 g/mol. The number of carbonyl (C=O) groups excluding carboxylic acids is 1. The van der Waals surface area contributed by atoms with Crippen LogP contribution < -0.4 is 14.2 Å². The lowest BCUT2D eigenvalue weighted by molar-refractivity contribution is -0.239. The Bertz CT molecular complexity index is 1080. The SMILES string of the molecule is COC(=O)/C=C/c1ccc(COc2cc(OC)c(C(=O)O)cc2OC)cc1.OC[C@H]1O[C@H](O)C[C@@H](O)[C@@H]1O. The quantitative estimate of drug-likeness (QED) is 0.227. The maximum absolute atomic E-state index is 11.3. The molecule has 1 heterocycles. The van der Waals surface area contributed by atoms with Crippen molar-refractivity contribution in [2.24, 2.45) is 0 Å². The van der Waals surface area contributed by atoms with Gasteiger partial charge in [0.2, 0.25) is 0 Å². The zero-order chi connectivity index (χ0) is 28.2. The highest BCUT2D eigenvalue weighted by Crippen LogP contribution is 2.35. The Hall–Kier alpha value is -3.68. The van der Waals surface area contributed by atoms with Crippen molar-refractivity contribution >= 4 is 18.0 Å². The topological polar surface area (TPSA) is 181 Å². The number of carbonyl (C=O) groups is 2. The average molecular weight is 537 g/mol. The first-order valence-corrected chi connectivity index (χ1v) is 11.4. The second kappa shape index (κ2) is 14.9. The number of aliphatic hydroxyl groups is 4. The molecule has 0 aromatic heterocycles. The molecule has 38 heavy (non-hydrogen) atoms. The van der Waals surface area contributed by atoms with Crippen LogP contribution in [-0.4, -0.2) is 90.0 Å². The number of ether oxygens (including phenoxy) is 5. The smallest absolute Gasteiger partial charge is 0.339 e. The number of esters is 1. The Morgan fingerprint density at radius 1 is 1.00 bits per heavy atom. The largest absolute Gasteiger partial charge is 0.496 e. The van der Waals surface area contributed by atoms with Crippen molar-refractivity contribution in [1.29, 1.82) is 0 Å². The maximum atomic E-state index is 11.3. The number of benzene rings is 2. The van der Waals surface area contributed by atoms with Gasteiger partial charge in [0.15, 0.2) is 17.8 Å². The van der Waals surface area contributed by atoms with Crippen molar-refractivity contribution in [1.82, 2.24) is 0 Å². The van der Waals surface area contributed by atoms with Crippen molar-refractivity contribution in [2.45, 2.75) is 37.6 Å². The lowest BCUT2D eigenvalue weighted by Crippen LogP contribution is -2.49. The zero-order valence-corrected chi connectivity index (χ0v) is 21.1. The highest BCUT2D eigenvalue weighted by atomic mass is 16.6. The van der Waals surface area contributed by atoms with Gasteiger partial charge in [-0.05, 0) is 17.2 Å². The summed E-state index contributed by atoms with van der Waals surface area (Å²) in [6, 6.07) is 10.2. The third kappa shape index (κ3) is 8.71. The molecule has 0 amide bonds. The summed E-state index contributed by atoms with van der Waals surface area (Å²) in [5.41, 5.74) is 1.71. The van der Waals surface area contributed by atoms with Crippen LogP contribution in [0.1, 0.15) is 27.9 Å². The fraction of sp³-hybridized carbons (Fsp3) is 0.385. The fourth-order valence-corrected chi connectivity index (χ4v) is 3.35. The third-order valence-electron chi connectivity index (χ3n) is 5.43. The van der Waals surface area contributed by atoms with Gasteiger partial charge < -0.3 is 49.2 Å². The van der Waals surface area contributed by atoms with Crippen LogP contribution in [0.2, 0.25) is 0 Å². The molecule has 0 bridgehead atoms. The van der Waals surface area contributed by atoms with Crippen LogP contribution in [0.4, 0.5) is 0 Å². The number of carboxylic acid groups (broad SMARTS) is 1. The standard InChI is InChI=1S/C20H20O7.C6H12O5/c1-24-16-11-18(17(25-2)10-15(16)20(22)23)27-12-14-6-4-13(5-7-14)8-9-19(21)26-3;7-2-4-6(10)3(8)1-5(9)11-4/h4-11H,12H2,1-3H3,(H,22,23);3-10H,1-2H2/b9-8+;/t;3-,4-,5+,6+/m.1/s1. The summed E-state index contributed by atoms with van der Waals surface area (Å²) in [6.45, 7) is -0.164. The van der Waals surface area contributed by atoms with Gasteiger partial charge in [-0.2, -0.15) is 0 Å². The zero-order valence-electron chi connectivity index (χ0n) is 21.1. The van der Waals surface area contributed by atoms with Crippen molar-refractivity contribution in [3.8, 4) is 17.2 Å². The van der Waals surface area contributed by atoms with E-state index >= 15 is 0 Å². The summed E-state index contributed by atoms with van der Waals surface area (Å²) in [6.07, 6.45) is -1.13. The van der Waals surface area contributed by atoms with Gasteiger partial charge in [-0.3, -0.25) is 0 Å². The van der Waals surface area contributed by atoms with E-state index in [1.807, 2.05) is 24.3 Å². The fourth-order valence-electron chi connectivity index (χ4n) is 3.35. The molecule has 0 unspecified atom stereocenters. The van der Waals surface area contributed by atoms with Crippen LogP contribution in [0.3, 0.4) is 0 Å². The molecule has 12 heteroatoms. The van der Waals surface area contributed by atoms with Crippen LogP contribution in [0.15, 0.2) is 42.5 Å². The lowest BCUT2D eigenvalue weighted by atomic mass is 10.0. The minimum atomic E-state index is -1.12. The second-order valence-electron chi connectivity index (χ2n) is 8.00. The van der Waals surface area contributed by atoms with Gasteiger partial charge >= 0.3 is 11.9 Å². The number of aromatic carboxylic acids is 1. The van der Waals surface area contributed by atoms with Crippen molar-refractivity contribution < 1.29 is 58.8 Å². The minimum Gasteiger partial charge on any atom is -0.496 e. The first-order chi connectivity index (χ1) is 18.1. The van der Waals surface area contributed by atoms with E-state index in [2.05, 4.69) is 4.74 Å². The lowest BCUT2D eigenvalue weighted by Gasteiger charge is -2.33. The molecule has 1 aliphatic heterocycles. The normalized spacial score (nSPS) is 20.7. The van der Waals surface area contributed by atoms with Gasteiger partial charge in [0.25, 0.3) is 0 Å². The Balaban J connectivity index is 0.000000384. The number of hydrogen-bond acceptors (Lipinski definition) is 11. The van der Waals surface area contributed by atoms with Gasteiger partial charge in [-0.1, -0.05) is 24.3 Å². The van der Waals surface area contributed by atoms with E-state index in [0.717, 1.165) is 11.1 Å². The first-order valence-electron chi connectivity index (χ1n) is 11.4. The molecule has 2 aromatic rings. The van der Waals surface area contributed by atoms with Crippen LogP contribution >= 0.6 is 0 Å². The Morgan fingerprint density at radius 2 is 1.66 bits per heavy atom. The molecule has 0 radical (unpaired) electrons. The highest BCUT2D eigenvalue weighted by molar-refractivity contribution is 5.92. The Labute approximate surface area is 219 Å². The van der Waals surface area contributed by atoms with Crippen LogP contribution in [0.5, 0.6) is 17.2 Å². The van der Waals surface area contributed by atoms with Crippen LogP contribution in [0, 0.1) is 0 Å². The molecule has 0 aliphatic carbocycles. The summed E-state index contributed by atoms with van der Waals surface area (Å²) in [4.78, 5) is 22.4. The highest BCUT2D eigenvalue weighted by Gasteiger charge is 2.35. The van der Waals surface area contributed by atoms with Crippen LogP contribution in [-0.2, 0) is 20.9 Å². The molecule has 2 aromatic carbocycles. The summed E-state index contributed by atoms with van der Waals surface area (Å²) in [7, 11) is 4.14. The molecule has 5 N–H and O–H groups in total. The third-order valence-corrected chi connectivity index (χ3v) is 5.43. The average Bonchev–Trinajstić information content (AvgIpc) is 2.92. The van der Waals surface area contributed by atoms with Crippen molar-refractivity contribution in [2.75, 3.05) is 27.9 Å². The van der Waals surface area contributed by atoms with Gasteiger partial charge in [0.1, 0.15) is 30.1 Å². The summed E-state index contributed by atoms with van der Waals surface area (Å²) >= 11 is 0. The van der Waals surface area contributed by atoms with E-state index in [0.29, 0.717) is 11.5 Å². The van der Waals surface area contributed by atoms with E-state index in [4.69, 9.17) is 39.4 Å². The predicted molar refractivity (Wildman–Crippen MR) is 133 cm³/mol. The van der Waals surface area contributed by atoms with Crippen molar-refractivity contribution in [3.63, 3.8) is 0 Å². The van der Waals surface area contributed by atoms with E-state index in [1.54, 1.807) is 6.08 Å². The number of methoxy groups -OCH3 is 3. The molecule has 1 saturated heterocycles. The first kappa shape index (κ1) is 30.5. The molecule has 0 spiro atoms. The maximum Gasteiger partial charge on any atom is 0.339 e. The number of hydrogen-bond donors (Lipinski definition) is 5. The molecule has 1 aliphatic rings. The van der Waals surface area contributed by atoms with Gasteiger partial charge in [-0.15, -0.1) is 0 Å². The van der Waals surface area contributed by atoms with E-state index in [-0.39, 0.29) is 24.3 Å². The van der Waals surface area contributed by atoms with Gasteiger partial charge in [-0.25, -0.2) is 9.59 Å². The second-order valence-corrected chi connectivity index (χ2v) is 8.00. The molecule has 4 atom stereocenters. The molecule has 3 rings (SSSR count).